The molecule has 358 valence electrons. The summed E-state index contributed by atoms with van der Waals surface area (Å²) in [5.41, 5.74) is 19.5. The van der Waals surface area contributed by atoms with Gasteiger partial charge in [0.1, 0.15) is 0 Å². The van der Waals surface area contributed by atoms with Crippen molar-refractivity contribution in [3.8, 4) is 33.4 Å². The first-order chi connectivity index (χ1) is 33.6. The summed E-state index contributed by atoms with van der Waals surface area (Å²) in [6, 6.07) is 61.2. The normalized spacial score (nSPS) is 26.9. The van der Waals surface area contributed by atoms with E-state index in [4.69, 9.17) is 0 Å². The van der Waals surface area contributed by atoms with Crippen molar-refractivity contribution in [1.29, 1.82) is 0 Å². The van der Waals surface area contributed by atoms with Crippen molar-refractivity contribution >= 4 is 44.3 Å². The van der Waals surface area contributed by atoms with Gasteiger partial charge < -0.3 is 9.80 Å². The maximum atomic E-state index is 2.72. The van der Waals surface area contributed by atoms with Gasteiger partial charge >= 0.3 is 0 Å². The molecule has 4 unspecified atom stereocenters. The molecule has 4 atom stereocenters. The monoisotopic (exact) mass is 929 g/mol. The second-order valence-electron chi connectivity index (χ2n) is 26.6. The summed E-state index contributed by atoms with van der Waals surface area (Å²) in [4.78, 5) is 5.43. The van der Waals surface area contributed by atoms with Crippen molar-refractivity contribution in [1.82, 2.24) is 0 Å². The maximum Gasteiger partial charge on any atom is 0.0528 e. The first-order valence-corrected chi connectivity index (χ1v) is 26.7. The maximum absolute atomic E-state index is 2.72. The van der Waals surface area contributed by atoms with Gasteiger partial charge in [-0.15, -0.1) is 0 Å². The van der Waals surface area contributed by atoms with E-state index < -0.39 is 0 Å². The van der Waals surface area contributed by atoms with Crippen LogP contribution in [0, 0.1) is 21.7 Å². The van der Waals surface area contributed by atoms with Crippen LogP contribution in [0.3, 0.4) is 0 Å². The van der Waals surface area contributed by atoms with Crippen molar-refractivity contribution in [3.05, 3.63) is 180 Å². The highest BCUT2D eigenvalue weighted by Crippen LogP contribution is 2.72. The van der Waals surface area contributed by atoms with Crippen molar-refractivity contribution in [2.24, 2.45) is 21.7 Å². The highest BCUT2D eigenvalue weighted by molar-refractivity contribution is 6.18. The molecule has 5 aliphatic rings. The van der Waals surface area contributed by atoms with Gasteiger partial charge in [-0.05, 0) is 199 Å². The first-order valence-electron chi connectivity index (χ1n) is 26.7. The van der Waals surface area contributed by atoms with Crippen molar-refractivity contribution < 1.29 is 0 Å². The Hall–Kier alpha value is -6.12. The molecule has 0 saturated heterocycles. The number of hydrogen-bond acceptors (Lipinski definition) is 2. The summed E-state index contributed by atoms with van der Waals surface area (Å²) >= 11 is 0. The predicted molar refractivity (Wildman–Crippen MR) is 303 cm³/mol. The Bertz CT molecular complexity index is 3540. The quantitative estimate of drug-likeness (QED) is 0.162. The molecule has 3 aliphatic carbocycles. The minimum absolute atomic E-state index is 0.0646. The van der Waals surface area contributed by atoms with Crippen LogP contribution in [-0.2, 0) is 17.3 Å². The van der Waals surface area contributed by atoms with Gasteiger partial charge in [0.25, 0.3) is 0 Å². The van der Waals surface area contributed by atoms with Crippen LogP contribution in [0.2, 0.25) is 0 Å². The Labute approximate surface area is 424 Å². The molecule has 2 nitrogen and oxygen atoms in total. The molecule has 8 aromatic rings. The molecule has 2 saturated carbocycles. The van der Waals surface area contributed by atoms with Crippen molar-refractivity contribution in [2.45, 2.75) is 137 Å². The van der Waals surface area contributed by atoms with Gasteiger partial charge in [0.15, 0.2) is 0 Å². The van der Waals surface area contributed by atoms with E-state index in [1.807, 2.05) is 0 Å². The van der Waals surface area contributed by atoms with E-state index >= 15 is 0 Å². The van der Waals surface area contributed by atoms with Gasteiger partial charge in [0.05, 0.1) is 11.1 Å². The van der Waals surface area contributed by atoms with Crippen LogP contribution in [0.4, 0.5) is 22.7 Å². The van der Waals surface area contributed by atoms with Crippen LogP contribution in [0.25, 0.3) is 54.9 Å². The zero-order valence-electron chi connectivity index (χ0n) is 44.4. The van der Waals surface area contributed by atoms with Gasteiger partial charge in [-0.3, -0.25) is 0 Å². The standard InChI is InChI=1S/C69H72N2/c1-62(2)40-64(5,6)68(11)57-38-46(29-33-59(57)70(66(68,9)42-62)49-21-15-13-16-22-49)44-27-31-51-48(35-44)37-56-53-32-28-45(36-55(53)52-25-19-20-26-54(52)61(51)56)47-30-34-60-58(39-47)69(12)65(7,8)41-63(3,4)43-67(69,10)71(60)50-23-17-14-18-24-50/h13-36,38-39H,37,40-43H2,1-12H3. The Kier molecular flexibility index (Phi) is 9.02. The number of hydrogen-bond donors (Lipinski definition) is 0. The molecule has 0 aromatic heterocycles. The smallest absolute Gasteiger partial charge is 0.0528 e. The van der Waals surface area contributed by atoms with Gasteiger partial charge in [-0.2, -0.15) is 0 Å². The third-order valence-electron chi connectivity index (χ3n) is 20.5. The fraction of sp³-hybridized carbons (Fsp3) is 0.362. The molecule has 2 heterocycles. The minimum Gasteiger partial charge on any atom is -0.334 e. The number of anilines is 4. The lowest BCUT2D eigenvalue weighted by molar-refractivity contribution is -0.0239. The minimum atomic E-state index is -0.0942. The summed E-state index contributed by atoms with van der Waals surface area (Å²) in [7, 11) is 0. The van der Waals surface area contributed by atoms with Gasteiger partial charge in [0.2, 0.25) is 0 Å². The fourth-order valence-electron chi connectivity index (χ4n) is 17.9. The third kappa shape index (κ3) is 5.83. The predicted octanol–water partition coefficient (Wildman–Crippen LogP) is 18.9. The fourth-order valence-corrected chi connectivity index (χ4v) is 17.9. The molecule has 71 heavy (non-hydrogen) atoms. The van der Waals surface area contributed by atoms with E-state index in [1.165, 1.54) is 113 Å². The molecule has 2 aliphatic heterocycles. The topological polar surface area (TPSA) is 6.48 Å². The summed E-state index contributed by atoms with van der Waals surface area (Å²) in [5, 5.41) is 5.42. The molecule has 0 spiro atoms. The Morgan fingerprint density at radius 3 is 1.32 bits per heavy atom. The summed E-state index contributed by atoms with van der Waals surface area (Å²) in [6.07, 6.45) is 5.57. The SMILES string of the molecule is CC1(C)CC(C)(C)C2(C)c3cc(-c4ccc5c(c4)Cc4c-5c5ccccc5c5cc(-c6ccc7c(c6)C6(C)C(C)(C)CC(C)(C)CC6(C)N7c6ccccc6)ccc45)ccc3N(c3ccccc3)C2(C)C1. The largest absolute Gasteiger partial charge is 0.334 e. The third-order valence-corrected chi connectivity index (χ3v) is 20.5. The lowest BCUT2D eigenvalue weighted by Crippen LogP contribution is -2.65. The zero-order valence-corrected chi connectivity index (χ0v) is 44.4. The molecule has 0 bridgehead atoms. The number of para-hydroxylation sites is 2. The number of fused-ring (bicyclic) bond motifs is 14. The first kappa shape index (κ1) is 44.8. The van der Waals surface area contributed by atoms with Crippen LogP contribution in [0.5, 0.6) is 0 Å². The van der Waals surface area contributed by atoms with Gasteiger partial charge in [0, 0.05) is 33.6 Å². The number of benzene rings is 8. The van der Waals surface area contributed by atoms with E-state index in [9.17, 15) is 0 Å². The molecule has 8 aromatic carbocycles. The summed E-state index contributed by atoms with van der Waals surface area (Å²) < 4.78 is 0. The van der Waals surface area contributed by atoms with E-state index in [0.29, 0.717) is 0 Å². The van der Waals surface area contributed by atoms with E-state index in [0.717, 1.165) is 19.3 Å². The highest BCUT2D eigenvalue weighted by atomic mass is 15.3. The van der Waals surface area contributed by atoms with Gasteiger partial charge in [-0.25, -0.2) is 0 Å². The molecule has 2 heteroatoms. The van der Waals surface area contributed by atoms with Crippen molar-refractivity contribution in [2.75, 3.05) is 9.80 Å². The Morgan fingerprint density at radius 2 is 0.803 bits per heavy atom. The lowest BCUT2D eigenvalue weighted by Gasteiger charge is -2.62. The number of rotatable bonds is 4. The Morgan fingerprint density at radius 1 is 0.366 bits per heavy atom. The van der Waals surface area contributed by atoms with Crippen LogP contribution in [-0.4, -0.2) is 11.1 Å². The Balaban J connectivity index is 0.907. The van der Waals surface area contributed by atoms with Crippen LogP contribution >= 0.6 is 0 Å². The second kappa shape index (κ2) is 14.3. The van der Waals surface area contributed by atoms with E-state index in [1.54, 1.807) is 0 Å². The molecular weight excluding hydrogens is 857 g/mol. The number of nitrogens with zero attached hydrogens (tertiary/aromatic N) is 2. The van der Waals surface area contributed by atoms with Gasteiger partial charge in [-0.1, -0.05) is 172 Å². The average Bonchev–Trinajstić information content (AvgIpc) is 3.88. The van der Waals surface area contributed by atoms with E-state index in [-0.39, 0.29) is 43.6 Å². The molecule has 2 fully saturated rings. The highest BCUT2D eigenvalue weighted by Gasteiger charge is 2.69. The van der Waals surface area contributed by atoms with E-state index in [2.05, 4.69) is 251 Å². The molecule has 0 radical (unpaired) electrons. The lowest BCUT2D eigenvalue weighted by atomic mass is 9.45. The molecule has 0 amide bonds. The molecule has 0 N–H and O–H groups in total. The van der Waals surface area contributed by atoms with Crippen molar-refractivity contribution in [3.63, 3.8) is 0 Å². The van der Waals surface area contributed by atoms with Crippen LogP contribution in [0.1, 0.15) is 131 Å². The zero-order chi connectivity index (χ0) is 49.5. The molecule has 13 rings (SSSR count). The molecular formula is C69H72N2. The second-order valence-corrected chi connectivity index (χ2v) is 26.6. The van der Waals surface area contributed by atoms with Crippen LogP contribution < -0.4 is 9.80 Å². The van der Waals surface area contributed by atoms with Crippen LogP contribution in [0.15, 0.2) is 158 Å². The summed E-state index contributed by atoms with van der Waals surface area (Å²) in [5.74, 6) is 0. The summed E-state index contributed by atoms with van der Waals surface area (Å²) in [6.45, 7) is 30.4. The average molecular weight is 929 g/mol.